The number of rotatable bonds is 6. The first kappa shape index (κ1) is 15.4. The Hall–Kier alpha value is -2.63. The van der Waals surface area contributed by atoms with E-state index in [9.17, 15) is 14.4 Å². The van der Waals surface area contributed by atoms with E-state index in [-0.39, 0.29) is 0 Å². The molecule has 6 nitrogen and oxygen atoms in total. The zero-order valence-electron chi connectivity index (χ0n) is 11.0. The number of nitrogens with one attached hydrogen (secondary N) is 1. The summed E-state index contributed by atoms with van der Waals surface area (Å²) in [5.41, 5.74) is 6.82. The Morgan fingerprint density at radius 3 is 2.40 bits per heavy atom. The Labute approximate surface area is 116 Å². The third-order valence-corrected chi connectivity index (χ3v) is 2.52. The predicted octanol–water partition coefficient (Wildman–Crippen LogP) is 0.453. The van der Waals surface area contributed by atoms with Crippen LogP contribution in [0.15, 0.2) is 30.3 Å². The minimum atomic E-state index is -1.32. The Morgan fingerprint density at radius 1 is 1.30 bits per heavy atom. The second-order valence-corrected chi connectivity index (χ2v) is 4.31. The normalized spacial score (nSPS) is 12.1. The molecule has 0 heterocycles. The predicted molar refractivity (Wildman–Crippen MR) is 73.6 cm³/mol. The SMILES string of the molecule is Cc1ccc(/C=C/C(=O)NC(CC(N)=O)C(=O)O)cc1. The summed E-state index contributed by atoms with van der Waals surface area (Å²) in [6, 6.07) is 6.13. The maximum Gasteiger partial charge on any atom is 0.326 e. The molecular formula is C14H16N2O4. The average Bonchev–Trinajstić information content (AvgIpc) is 2.36. The maximum atomic E-state index is 11.6. The lowest BCUT2D eigenvalue weighted by atomic mass is 10.1. The van der Waals surface area contributed by atoms with Crippen LogP contribution in [-0.2, 0) is 14.4 Å². The number of nitrogens with two attached hydrogens (primary N) is 1. The van der Waals surface area contributed by atoms with Crippen LogP contribution in [0.3, 0.4) is 0 Å². The van der Waals surface area contributed by atoms with Gasteiger partial charge in [0.1, 0.15) is 6.04 Å². The third-order valence-electron chi connectivity index (χ3n) is 2.52. The fraction of sp³-hybridized carbons (Fsp3) is 0.214. The third kappa shape index (κ3) is 5.34. The van der Waals surface area contributed by atoms with Gasteiger partial charge in [-0.1, -0.05) is 29.8 Å². The molecule has 0 saturated heterocycles. The van der Waals surface area contributed by atoms with Gasteiger partial charge in [0.05, 0.1) is 6.42 Å². The van der Waals surface area contributed by atoms with Gasteiger partial charge in [-0.05, 0) is 18.6 Å². The summed E-state index contributed by atoms with van der Waals surface area (Å²) >= 11 is 0. The summed E-state index contributed by atoms with van der Waals surface area (Å²) < 4.78 is 0. The molecule has 1 aromatic rings. The largest absolute Gasteiger partial charge is 0.480 e. The number of amides is 2. The summed E-state index contributed by atoms with van der Waals surface area (Å²) in [6.07, 6.45) is 2.32. The topological polar surface area (TPSA) is 109 Å². The van der Waals surface area contributed by atoms with E-state index < -0.39 is 30.2 Å². The van der Waals surface area contributed by atoms with E-state index in [1.54, 1.807) is 6.08 Å². The first-order valence-corrected chi connectivity index (χ1v) is 5.95. The van der Waals surface area contributed by atoms with Gasteiger partial charge in [0, 0.05) is 6.08 Å². The summed E-state index contributed by atoms with van der Waals surface area (Å²) in [6.45, 7) is 1.95. The zero-order chi connectivity index (χ0) is 15.1. The quantitative estimate of drug-likeness (QED) is 0.655. The molecule has 4 N–H and O–H groups in total. The van der Waals surface area contributed by atoms with Crippen LogP contribution in [-0.4, -0.2) is 28.9 Å². The minimum Gasteiger partial charge on any atom is -0.480 e. The first-order valence-electron chi connectivity index (χ1n) is 5.95. The fourth-order valence-electron chi connectivity index (χ4n) is 1.47. The van der Waals surface area contributed by atoms with E-state index in [1.807, 2.05) is 31.2 Å². The second-order valence-electron chi connectivity index (χ2n) is 4.31. The number of hydrogen-bond acceptors (Lipinski definition) is 3. The second kappa shape index (κ2) is 7.08. The van der Waals surface area contributed by atoms with Crippen molar-refractivity contribution in [1.29, 1.82) is 0 Å². The lowest BCUT2D eigenvalue weighted by Crippen LogP contribution is -2.42. The van der Waals surface area contributed by atoms with E-state index in [2.05, 4.69) is 5.32 Å². The monoisotopic (exact) mass is 276 g/mol. The molecule has 106 valence electrons. The number of hydrogen-bond donors (Lipinski definition) is 3. The molecule has 0 bridgehead atoms. The summed E-state index contributed by atoms with van der Waals surface area (Å²) in [4.78, 5) is 33.1. The standard InChI is InChI=1S/C14H16N2O4/c1-9-2-4-10(5-3-9)6-7-13(18)16-11(14(19)20)8-12(15)17/h2-7,11H,8H2,1H3,(H2,15,17)(H,16,18)(H,19,20)/b7-6+. The van der Waals surface area contributed by atoms with Crippen molar-refractivity contribution in [3.63, 3.8) is 0 Å². The molecule has 1 aromatic carbocycles. The molecular weight excluding hydrogens is 260 g/mol. The summed E-state index contributed by atoms with van der Waals surface area (Å²) in [5, 5.41) is 11.0. The Bertz CT molecular complexity index is 535. The molecule has 6 heteroatoms. The van der Waals surface area contributed by atoms with Crippen molar-refractivity contribution in [3.05, 3.63) is 41.5 Å². The first-order chi connectivity index (χ1) is 9.38. The number of primary amides is 1. The number of carbonyl (C=O) groups excluding carboxylic acids is 2. The molecule has 0 aromatic heterocycles. The van der Waals surface area contributed by atoms with E-state index in [0.717, 1.165) is 11.1 Å². The van der Waals surface area contributed by atoms with E-state index >= 15 is 0 Å². The van der Waals surface area contributed by atoms with Gasteiger partial charge in [0.25, 0.3) is 0 Å². The molecule has 0 aliphatic carbocycles. The van der Waals surface area contributed by atoms with Crippen molar-refractivity contribution in [2.75, 3.05) is 0 Å². The maximum absolute atomic E-state index is 11.6. The highest BCUT2D eigenvalue weighted by molar-refractivity contribution is 5.95. The van der Waals surface area contributed by atoms with E-state index in [1.165, 1.54) is 6.08 Å². The van der Waals surface area contributed by atoms with Crippen molar-refractivity contribution < 1.29 is 19.5 Å². The number of carboxylic acids is 1. The molecule has 20 heavy (non-hydrogen) atoms. The molecule has 1 unspecified atom stereocenters. The van der Waals surface area contributed by atoms with Crippen LogP contribution in [0.4, 0.5) is 0 Å². The number of carboxylic acid groups (broad SMARTS) is 1. The van der Waals surface area contributed by atoms with Gasteiger partial charge in [0.2, 0.25) is 11.8 Å². The van der Waals surface area contributed by atoms with Gasteiger partial charge >= 0.3 is 5.97 Å². The lowest BCUT2D eigenvalue weighted by Gasteiger charge is -2.10. The number of aliphatic carboxylic acids is 1. The number of aryl methyl sites for hydroxylation is 1. The zero-order valence-corrected chi connectivity index (χ0v) is 11.0. The highest BCUT2D eigenvalue weighted by atomic mass is 16.4. The lowest BCUT2D eigenvalue weighted by molar-refractivity contribution is -0.142. The fourth-order valence-corrected chi connectivity index (χ4v) is 1.47. The van der Waals surface area contributed by atoms with Gasteiger partial charge in [-0.15, -0.1) is 0 Å². The minimum absolute atomic E-state index is 0.445. The van der Waals surface area contributed by atoms with Crippen molar-refractivity contribution >= 4 is 23.9 Å². The summed E-state index contributed by atoms with van der Waals surface area (Å²) in [5.74, 6) is -2.69. The smallest absolute Gasteiger partial charge is 0.326 e. The molecule has 1 atom stereocenters. The highest BCUT2D eigenvalue weighted by Gasteiger charge is 2.20. The highest BCUT2D eigenvalue weighted by Crippen LogP contribution is 2.04. The molecule has 0 spiro atoms. The van der Waals surface area contributed by atoms with Crippen LogP contribution in [0.2, 0.25) is 0 Å². The average molecular weight is 276 g/mol. The molecule has 0 aliphatic heterocycles. The van der Waals surface area contributed by atoms with Gasteiger partial charge in [-0.2, -0.15) is 0 Å². The van der Waals surface area contributed by atoms with Gasteiger partial charge in [0.15, 0.2) is 0 Å². The van der Waals surface area contributed by atoms with Crippen molar-refractivity contribution in [2.24, 2.45) is 5.73 Å². The molecule has 0 radical (unpaired) electrons. The van der Waals surface area contributed by atoms with E-state index in [0.29, 0.717) is 0 Å². The van der Waals surface area contributed by atoms with Crippen LogP contribution in [0.1, 0.15) is 17.5 Å². The van der Waals surface area contributed by atoms with Crippen molar-refractivity contribution in [2.45, 2.75) is 19.4 Å². The van der Waals surface area contributed by atoms with Crippen molar-refractivity contribution in [3.8, 4) is 0 Å². The molecule has 1 rings (SSSR count). The Kier molecular flexibility index (Phi) is 5.46. The van der Waals surface area contributed by atoms with Gasteiger partial charge < -0.3 is 16.2 Å². The van der Waals surface area contributed by atoms with Crippen LogP contribution in [0.5, 0.6) is 0 Å². The van der Waals surface area contributed by atoms with Gasteiger partial charge in [-0.25, -0.2) is 4.79 Å². The molecule has 0 aliphatic rings. The van der Waals surface area contributed by atoms with Crippen LogP contribution in [0.25, 0.3) is 6.08 Å². The van der Waals surface area contributed by atoms with Crippen LogP contribution in [0, 0.1) is 6.92 Å². The van der Waals surface area contributed by atoms with Crippen LogP contribution < -0.4 is 11.1 Å². The Balaban J connectivity index is 2.63. The number of carbonyl (C=O) groups is 3. The molecule has 2 amide bonds. The molecule has 0 fully saturated rings. The van der Waals surface area contributed by atoms with Crippen LogP contribution >= 0.6 is 0 Å². The van der Waals surface area contributed by atoms with Crippen molar-refractivity contribution in [1.82, 2.24) is 5.32 Å². The van der Waals surface area contributed by atoms with E-state index in [4.69, 9.17) is 10.8 Å². The van der Waals surface area contributed by atoms with Gasteiger partial charge in [-0.3, -0.25) is 9.59 Å². The summed E-state index contributed by atoms with van der Waals surface area (Å²) in [7, 11) is 0. The Morgan fingerprint density at radius 2 is 1.90 bits per heavy atom. The number of benzene rings is 1. The molecule has 0 saturated carbocycles.